The maximum Gasteiger partial charge on any atom is 0.273 e. The first kappa shape index (κ1) is 22.7. The van der Waals surface area contributed by atoms with Crippen LogP contribution in [0.25, 0.3) is 0 Å². The molecule has 1 aliphatic heterocycles. The number of sulfonamides is 1. The summed E-state index contributed by atoms with van der Waals surface area (Å²) in [5.74, 6) is -0.374. The molecule has 0 aliphatic carbocycles. The van der Waals surface area contributed by atoms with Gasteiger partial charge in [-0.2, -0.15) is 4.31 Å². The molecule has 2 aromatic rings. The van der Waals surface area contributed by atoms with Crippen molar-refractivity contribution in [3.05, 3.63) is 58.1 Å². The Morgan fingerprint density at radius 3 is 2.58 bits per heavy atom. The van der Waals surface area contributed by atoms with Gasteiger partial charge in [0.05, 0.1) is 34.8 Å². The van der Waals surface area contributed by atoms with Gasteiger partial charge in [0.1, 0.15) is 5.75 Å². The maximum atomic E-state index is 12.8. The fourth-order valence-corrected chi connectivity index (χ4v) is 4.43. The lowest BCUT2D eigenvalue weighted by atomic mass is 10.2. The van der Waals surface area contributed by atoms with E-state index in [2.05, 4.69) is 5.32 Å². The van der Waals surface area contributed by atoms with E-state index in [1.54, 1.807) is 0 Å². The largest absolute Gasteiger partial charge is 0.494 e. The minimum atomic E-state index is -3.71. The van der Waals surface area contributed by atoms with E-state index in [4.69, 9.17) is 9.47 Å². The lowest BCUT2D eigenvalue weighted by molar-refractivity contribution is -0.384. The predicted octanol–water partition coefficient (Wildman–Crippen LogP) is 2.66. The quantitative estimate of drug-likeness (QED) is 0.485. The number of benzene rings is 2. The smallest absolute Gasteiger partial charge is 0.273 e. The Bertz CT molecular complexity index is 1060. The molecule has 1 N–H and O–H groups in total. The third-order valence-corrected chi connectivity index (χ3v) is 6.79. The molecule has 2 aromatic carbocycles. The highest BCUT2D eigenvalue weighted by Gasteiger charge is 2.26. The van der Waals surface area contributed by atoms with Crippen molar-refractivity contribution in [2.24, 2.45) is 0 Å². The Hall–Kier alpha value is -3.02. The Labute approximate surface area is 180 Å². The molecule has 0 radical (unpaired) electrons. The van der Waals surface area contributed by atoms with Crippen LogP contribution in [0.2, 0.25) is 0 Å². The van der Waals surface area contributed by atoms with E-state index < -0.39 is 20.9 Å². The summed E-state index contributed by atoms with van der Waals surface area (Å²) in [6, 6.07) is 9.35. The number of hydrogen-bond donors (Lipinski definition) is 1. The zero-order valence-electron chi connectivity index (χ0n) is 17.1. The van der Waals surface area contributed by atoms with Gasteiger partial charge in [-0.1, -0.05) is 0 Å². The Morgan fingerprint density at radius 2 is 2.00 bits per heavy atom. The number of likely N-dealkylation sites (N-methyl/N-ethyl adjacent to an activating group) is 1. The predicted molar refractivity (Wildman–Crippen MR) is 113 cm³/mol. The van der Waals surface area contributed by atoms with Gasteiger partial charge in [0, 0.05) is 31.8 Å². The molecule has 1 aliphatic rings. The lowest BCUT2D eigenvalue weighted by Crippen LogP contribution is -2.34. The number of carbonyl (C=O) groups excluding carboxylic acids is 1. The van der Waals surface area contributed by atoms with Gasteiger partial charge in [-0.05, 0) is 43.2 Å². The number of nitrogens with one attached hydrogen (secondary N) is 1. The van der Waals surface area contributed by atoms with E-state index in [0.717, 1.165) is 12.8 Å². The van der Waals surface area contributed by atoms with Gasteiger partial charge in [0.15, 0.2) is 0 Å². The van der Waals surface area contributed by atoms with Crippen molar-refractivity contribution in [2.75, 3.05) is 32.6 Å². The zero-order valence-corrected chi connectivity index (χ0v) is 17.9. The number of nitro benzene ring substituents is 1. The van der Waals surface area contributed by atoms with Crippen LogP contribution in [0, 0.1) is 10.1 Å². The standard InChI is InChI=1S/C20H23N3O7S/c1-22(13-16-4-3-11-30-16)31(27,28)17-8-5-14(6-9-17)20(24)21-18-10-7-15(23(25)26)12-19(18)29-2/h5-10,12,16H,3-4,11,13H2,1-2H3,(H,21,24). The normalized spacial score (nSPS) is 16.3. The number of amides is 1. The van der Waals surface area contributed by atoms with Crippen LogP contribution < -0.4 is 10.1 Å². The van der Waals surface area contributed by atoms with Crippen LogP contribution in [0.3, 0.4) is 0 Å². The highest BCUT2D eigenvalue weighted by atomic mass is 32.2. The van der Waals surface area contributed by atoms with Crippen molar-refractivity contribution in [3.8, 4) is 5.75 Å². The molecule has 0 saturated carbocycles. The van der Waals surface area contributed by atoms with Crippen LogP contribution >= 0.6 is 0 Å². The molecule has 11 heteroatoms. The van der Waals surface area contributed by atoms with E-state index in [1.165, 1.54) is 60.9 Å². The molecule has 166 valence electrons. The molecule has 1 amide bonds. The van der Waals surface area contributed by atoms with Crippen LogP contribution in [-0.2, 0) is 14.8 Å². The lowest BCUT2D eigenvalue weighted by Gasteiger charge is -2.20. The fraction of sp³-hybridized carbons (Fsp3) is 0.350. The van der Waals surface area contributed by atoms with Gasteiger partial charge >= 0.3 is 0 Å². The summed E-state index contributed by atoms with van der Waals surface area (Å²) in [7, 11) is -0.880. The first-order valence-electron chi connectivity index (χ1n) is 9.54. The molecule has 1 unspecified atom stereocenters. The average molecular weight is 449 g/mol. The number of rotatable bonds is 8. The van der Waals surface area contributed by atoms with Crippen molar-refractivity contribution < 1.29 is 27.6 Å². The summed E-state index contributed by atoms with van der Waals surface area (Å²) < 4.78 is 37.4. The number of nitrogens with zero attached hydrogens (tertiary/aromatic N) is 2. The molecular formula is C20H23N3O7S. The van der Waals surface area contributed by atoms with E-state index in [1.807, 2.05) is 0 Å². The monoisotopic (exact) mass is 449 g/mol. The zero-order chi connectivity index (χ0) is 22.6. The number of non-ortho nitro benzene ring substituents is 1. The van der Waals surface area contributed by atoms with Gasteiger partial charge in [0.2, 0.25) is 10.0 Å². The molecule has 1 atom stereocenters. The highest BCUT2D eigenvalue weighted by Crippen LogP contribution is 2.29. The fourth-order valence-electron chi connectivity index (χ4n) is 3.22. The van der Waals surface area contributed by atoms with Crippen molar-refractivity contribution in [1.82, 2.24) is 4.31 Å². The van der Waals surface area contributed by atoms with Crippen LogP contribution in [0.4, 0.5) is 11.4 Å². The van der Waals surface area contributed by atoms with Crippen molar-refractivity contribution in [1.29, 1.82) is 0 Å². The maximum absolute atomic E-state index is 12.8. The second-order valence-corrected chi connectivity index (χ2v) is 9.09. The average Bonchev–Trinajstić information content (AvgIpc) is 3.27. The molecule has 0 bridgehead atoms. The second-order valence-electron chi connectivity index (χ2n) is 7.04. The van der Waals surface area contributed by atoms with E-state index in [-0.39, 0.29) is 40.2 Å². The van der Waals surface area contributed by atoms with E-state index in [0.29, 0.717) is 6.61 Å². The molecule has 31 heavy (non-hydrogen) atoms. The van der Waals surface area contributed by atoms with Crippen LogP contribution in [0.15, 0.2) is 47.4 Å². The molecule has 10 nitrogen and oxygen atoms in total. The number of nitro groups is 1. The summed E-state index contributed by atoms with van der Waals surface area (Å²) in [5, 5.41) is 13.5. The molecule has 3 rings (SSSR count). The topological polar surface area (TPSA) is 128 Å². The molecular weight excluding hydrogens is 426 g/mol. The molecule has 1 heterocycles. The molecule has 1 saturated heterocycles. The van der Waals surface area contributed by atoms with Gasteiger partial charge < -0.3 is 14.8 Å². The molecule has 0 aromatic heterocycles. The van der Waals surface area contributed by atoms with Gasteiger partial charge in [-0.15, -0.1) is 0 Å². The van der Waals surface area contributed by atoms with Crippen molar-refractivity contribution in [2.45, 2.75) is 23.8 Å². The van der Waals surface area contributed by atoms with Crippen LogP contribution in [-0.4, -0.2) is 57.0 Å². The minimum Gasteiger partial charge on any atom is -0.494 e. The SMILES string of the molecule is COc1cc([N+](=O)[O-])ccc1NC(=O)c1ccc(S(=O)(=O)N(C)CC2CCCO2)cc1. The number of methoxy groups -OCH3 is 1. The summed E-state index contributed by atoms with van der Waals surface area (Å²) in [4.78, 5) is 22.9. The number of ether oxygens (including phenoxy) is 2. The first-order valence-corrected chi connectivity index (χ1v) is 11.0. The Balaban J connectivity index is 1.72. The third-order valence-electron chi connectivity index (χ3n) is 4.95. The first-order chi connectivity index (χ1) is 14.7. The Kier molecular flexibility index (Phi) is 6.88. The van der Waals surface area contributed by atoms with Gasteiger partial charge in [-0.3, -0.25) is 14.9 Å². The summed E-state index contributed by atoms with van der Waals surface area (Å²) in [5.41, 5.74) is 0.309. The highest BCUT2D eigenvalue weighted by molar-refractivity contribution is 7.89. The summed E-state index contributed by atoms with van der Waals surface area (Å²) in [6.45, 7) is 0.909. The Morgan fingerprint density at radius 1 is 1.29 bits per heavy atom. The second kappa shape index (κ2) is 9.41. The van der Waals surface area contributed by atoms with E-state index in [9.17, 15) is 23.3 Å². The minimum absolute atomic E-state index is 0.0671. The van der Waals surface area contributed by atoms with Gasteiger partial charge in [0.25, 0.3) is 11.6 Å². The number of carbonyl (C=O) groups is 1. The third kappa shape index (κ3) is 5.19. The van der Waals surface area contributed by atoms with Crippen molar-refractivity contribution >= 4 is 27.3 Å². The van der Waals surface area contributed by atoms with Crippen molar-refractivity contribution in [3.63, 3.8) is 0 Å². The van der Waals surface area contributed by atoms with Gasteiger partial charge in [-0.25, -0.2) is 8.42 Å². The number of anilines is 1. The summed E-state index contributed by atoms with van der Waals surface area (Å²) >= 11 is 0. The van der Waals surface area contributed by atoms with E-state index >= 15 is 0 Å². The number of hydrogen-bond acceptors (Lipinski definition) is 7. The van der Waals surface area contributed by atoms with Crippen LogP contribution in [0.1, 0.15) is 23.2 Å². The van der Waals surface area contributed by atoms with Crippen LogP contribution in [0.5, 0.6) is 5.75 Å². The summed E-state index contributed by atoms with van der Waals surface area (Å²) in [6.07, 6.45) is 1.63. The molecule has 1 fully saturated rings. The molecule has 0 spiro atoms.